The Kier molecular flexibility index (Phi) is 6.32. The number of aliphatic hydroxyl groups excluding tert-OH is 1. The molecule has 0 aliphatic rings. The van der Waals surface area contributed by atoms with Crippen molar-refractivity contribution in [3.8, 4) is 5.75 Å². The molecule has 0 heterocycles. The molecule has 4 nitrogen and oxygen atoms in total. The Morgan fingerprint density at radius 2 is 2.22 bits per heavy atom. The van der Waals surface area contributed by atoms with Crippen molar-refractivity contribution in [3.63, 3.8) is 0 Å². The van der Waals surface area contributed by atoms with E-state index < -0.39 is 5.82 Å². The minimum absolute atomic E-state index is 0.0992. The molecule has 1 rings (SSSR count). The SMILES string of the molecule is CC(=O)c1ccc(OCCCNCCO)c(F)c1. The van der Waals surface area contributed by atoms with Crippen LogP contribution in [-0.2, 0) is 0 Å². The summed E-state index contributed by atoms with van der Waals surface area (Å²) in [6, 6.07) is 4.19. The van der Waals surface area contributed by atoms with Crippen LogP contribution in [0.25, 0.3) is 0 Å². The average molecular weight is 255 g/mol. The second kappa shape index (κ2) is 7.79. The number of Topliss-reactive ketones (excluding diaryl/α,β-unsaturated/α-hetero) is 1. The van der Waals surface area contributed by atoms with Gasteiger partial charge in [-0.1, -0.05) is 0 Å². The van der Waals surface area contributed by atoms with Crippen LogP contribution in [-0.4, -0.2) is 37.2 Å². The minimum Gasteiger partial charge on any atom is -0.490 e. The van der Waals surface area contributed by atoms with Gasteiger partial charge in [0.05, 0.1) is 13.2 Å². The number of nitrogens with one attached hydrogen (secondary N) is 1. The molecule has 0 unspecified atom stereocenters. The molecule has 0 bridgehead atoms. The minimum atomic E-state index is -0.522. The number of rotatable bonds is 8. The van der Waals surface area contributed by atoms with Crippen molar-refractivity contribution in [1.82, 2.24) is 5.32 Å². The molecular formula is C13H18FNO3. The number of hydrogen-bond donors (Lipinski definition) is 2. The van der Waals surface area contributed by atoms with Gasteiger partial charge in [-0.15, -0.1) is 0 Å². The Morgan fingerprint density at radius 3 is 2.83 bits per heavy atom. The summed E-state index contributed by atoms with van der Waals surface area (Å²) in [6.07, 6.45) is 0.716. The van der Waals surface area contributed by atoms with Crippen molar-refractivity contribution in [2.24, 2.45) is 0 Å². The lowest BCUT2D eigenvalue weighted by molar-refractivity contribution is 0.101. The lowest BCUT2D eigenvalue weighted by Gasteiger charge is -2.08. The van der Waals surface area contributed by atoms with E-state index in [0.717, 1.165) is 0 Å². The molecule has 5 heteroatoms. The first-order chi connectivity index (χ1) is 8.65. The summed E-state index contributed by atoms with van der Waals surface area (Å²) >= 11 is 0. The number of ketones is 1. The molecule has 0 aromatic heterocycles. The summed E-state index contributed by atoms with van der Waals surface area (Å²) in [6.45, 7) is 3.12. The molecule has 0 aliphatic carbocycles. The summed E-state index contributed by atoms with van der Waals surface area (Å²) in [5.41, 5.74) is 0.337. The van der Waals surface area contributed by atoms with E-state index in [1.54, 1.807) is 6.07 Å². The van der Waals surface area contributed by atoms with Crippen LogP contribution in [0, 0.1) is 5.82 Å². The standard InChI is InChI=1S/C13H18FNO3/c1-10(17)11-3-4-13(12(14)9-11)18-8-2-5-15-6-7-16/h3-4,9,15-16H,2,5-8H2,1H3. The Morgan fingerprint density at radius 1 is 1.44 bits per heavy atom. The topological polar surface area (TPSA) is 58.6 Å². The van der Waals surface area contributed by atoms with Gasteiger partial charge < -0.3 is 15.2 Å². The largest absolute Gasteiger partial charge is 0.490 e. The van der Waals surface area contributed by atoms with Gasteiger partial charge in [0, 0.05) is 12.1 Å². The zero-order valence-corrected chi connectivity index (χ0v) is 10.4. The molecule has 18 heavy (non-hydrogen) atoms. The van der Waals surface area contributed by atoms with Crippen molar-refractivity contribution in [2.75, 3.05) is 26.3 Å². The molecule has 0 amide bonds. The van der Waals surface area contributed by atoms with Gasteiger partial charge in [0.15, 0.2) is 17.3 Å². The first kappa shape index (κ1) is 14.6. The van der Waals surface area contributed by atoms with E-state index in [1.807, 2.05) is 0 Å². The number of ether oxygens (including phenoxy) is 1. The highest BCUT2D eigenvalue weighted by Gasteiger charge is 2.07. The first-order valence-corrected chi connectivity index (χ1v) is 5.90. The maximum atomic E-state index is 13.5. The van der Waals surface area contributed by atoms with Crippen LogP contribution in [0.15, 0.2) is 18.2 Å². The van der Waals surface area contributed by atoms with Crippen LogP contribution in [0.4, 0.5) is 4.39 Å². The third-order valence-corrected chi connectivity index (χ3v) is 2.38. The molecule has 0 saturated heterocycles. The molecule has 2 N–H and O–H groups in total. The molecular weight excluding hydrogens is 237 g/mol. The molecule has 0 fully saturated rings. The lowest BCUT2D eigenvalue weighted by Crippen LogP contribution is -2.20. The van der Waals surface area contributed by atoms with E-state index in [1.165, 1.54) is 19.1 Å². The van der Waals surface area contributed by atoms with Crippen molar-refractivity contribution in [3.05, 3.63) is 29.6 Å². The average Bonchev–Trinajstić information content (AvgIpc) is 2.35. The summed E-state index contributed by atoms with van der Waals surface area (Å²) in [7, 11) is 0. The van der Waals surface area contributed by atoms with E-state index in [2.05, 4.69) is 5.32 Å². The fraction of sp³-hybridized carbons (Fsp3) is 0.462. The number of carbonyl (C=O) groups excluding carboxylic acids is 1. The maximum Gasteiger partial charge on any atom is 0.165 e. The molecule has 0 aliphatic heterocycles. The number of carbonyl (C=O) groups is 1. The third-order valence-electron chi connectivity index (χ3n) is 2.38. The number of halogens is 1. The van der Waals surface area contributed by atoms with E-state index in [9.17, 15) is 9.18 Å². The van der Waals surface area contributed by atoms with E-state index in [-0.39, 0.29) is 18.1 Å². The second-order valence-electron chi connectivity index (χ2n) is 3.88. The second-order valence-corrected chi connectivity index (χ2v) is 3.88. The van der Waals surface area contributed by atoms with Crippen LogP contribution in [0.1, 0.15) is 23.7 Å². The van der Waals surface area contributed by atoms with Crippen molar-refractivity contribution >= 4 is 5.78 Å². The normalized spacial score (nSPS) is 10.4. The highest BCUT2D eigenvalue weighted by Crippen LogP contribution is 2.18. The van der Waals surface area contributed by atoms with Crippen LogP contribution in [0.5, 0.6) is 5.75 Å². The monoisotopic (exact) mass is 255 g/mol. The fourth-order valence-corrected chi connectivity index (χ4v) is 1.42. The Labute approximate surface area is 106 Å². The number of hydrogen-bond acceptors (Lipinski definition) is 4. The van der Waals surface area contributed by atoms with Crippen molar-refractivity contribution in [1.29, 1.82) is 0 Å². The molecule has 0 atom stereocenters. The van der Waals surface area contributed by atoms with E-state index in [0.29, 0.717) is 31.7 Å². The Bertz CT molecular complexity index is 396. The van der Waals surface area contributed by atoms with Gasteiger partial charge in [-0.2, -0.15) is 0 Å². The lowest BCUT2D eigenvalue weighted by atomic mass is 10.1. The van der Waals surface area contributed by atoms with Crippen molar-refractivity contribution < 1.29 is 19.0 Å². The first-order valence-electron chi connectivity index (χ1n) is 5.90. The fourth-order valence-electron chi connectivity index (χ4n) is 1.42. The molecule has 0 radical (unpaired) electrons. The van der Waals surface area contributed by atoms with Gasteiger partial charge in [-0.25, -0.2) is 4.39 Å². The highest BCUT2D eigenvalue weighted by molar-refractivity contribution is 5.94. The predicted molar refractivity (Wildman–Crippen MR) is 66.5 cm³/mol. The van der Waals surface area contributed by atoms with Crippen LogP contribution in [0.3, 0.4) is 0 Å². The summed E-state index contributed by atoms with van der Waals surface area (Å²) < 4.78 is 18.8. The van der Waals surface area contributed by atoms with Gasteiger partial charge in [-0.3, -0.25) is 4.79 Å². The van der Waals surface area contributed by atoms with Gasteiger partial charge in [-0.05, 0) is 38.1 Å². The quantitative estimate of drug-likeness (QED) is 0.544. The molecule has 0 spiro atoms. The van der Waals surface area contributed by atoms with Crippen LogP contribution >= 0.6 is 0 Å². The van der Waals surface area contributed by atoms with Gasteiger partial charge in [0.1, 0.15) is 0 Å². The van der Waals surface area contributed by atoms with E-state index >= 15 is 0 Å². The summed E-state index contributed by atoms with van der Waals surface area (Å²) in [4.78, 5) is 11.0. The Balaban J connectivity index is 2.36. The third kappa shape index (κ3) is 4.81. The van der Waals surface area contributed by atoms with Crippen molar-refractivity contribution in [2.45, 2.75) is 13.3 Å². The predicted octanol–water partition coefficient (Wildman–Crippen LogP) is 1.38. The smallest absolute Gasteiger partial charge is 0.165 e. The van der Waals surface area contributed by atoms with E-state index in [4.69, 9.17) is 9.84 Å². The van der Waals surface area contributed by atoms with Crippen LogP contribution in [0.2, 0.25) is 0 Å². The number of aliphatic hydroxyl groups is 1. The van der Waals surface area contributed by atoms with Gasteiger partial charge in [0.25, 0.3) is 0 Å². The van der Waals surface area contributed by atoms with Crippen LogP contribution < -0.4 is 10.1 Å². The summed E-state index contributed by atoms with van der Waals surface area (Å²) in [5, 5.41) is 11.5. The molecule has 100 valence electrons. The zero-order valence-electron chi connectivity index (χ0n) is 10.4. The molecule has 0 saturated carbocycles. The molecule has 1 aromatic carbocycles. The number of benzene rings is 1. The highest BCUT2D eigenvalue weighted by atomic mass is 19.1. The zero-order chi connectivity index (χ0) is 13.4. The molecule has 1 aromatic rings. The Hall–Kier alpha value is -1.46. The van der Waals surface area contributed by atoms with Gasteiger partial charge in [0.2, 0.25) is 0 Å². The van der Waals surface area contributed by atoms with Gasteiger partial charge >= 0.3 is 0 Å². The summed E-state index contributed by atoms with van der Waals surface area (Å²) in [5.74, 6) is -0.540. The maximum absolute atomic E-state index is 13.5.